The van der Waals surface area contributed by atoms with Crippen LogP contribution in [0.1, 0.15) is 59.1 Å². The first kappa shape index (κ1) is 27.4. The zero-order chi connectivity index (χ0) is 23.5. The van der Waals surface area contributed by atoms with Crippen molar-refractivity contribution in [1.82, 2.24) is 4.98 Å². The molecule has 33 heavy (non-hydrogen) atoms. The summed E-state index contributed by atoms with van der Waals surface area (Å²) in [5.74, 6) is 0.479. The average Bonchev–Trinajstić information content (AvgIpc) is 3.02. The Balaban J connectivity index is 0.000000278. The molecule has 2 unspecified atom stereocenters. The quantitative estimate of drug-likeness (QED) is 0.330. The molecule has 0 fully saturated rings. The summed E-state index contributed by atoms with van der Waals surface area (Å²) in [6.45, 7) is 12.4. The van der Waals surface area contributed by atoms with E-state index < -0.39 is 0 Å². The largest absolute Gasteiger partial charge is 0.393 e. The summed E-state index contributed by atoms with van der Waals surface area (Å²) < 4.78 is 0. The number of rotatable bonds is 5. The van der Waals surface area contributed by atoms with Gasteiger partial charge in [0, 0.05) is 26.3 Å². The first-order valence-electron chi connectivity index (χ1n) is 11.6. The molecule has 3 aromatic rings. The Bertz CT molecular complexity index is 1020. The van der Waals surface area contributed by atoms with E-state index in [1.54, 1.807) is 0 Å². The molecule has 1 aliphatic carbocycles. The summed E-state index contributed by atoms with van der Waals surface area (Å²) in [5, 5.41) is 18.8. The van der Waals surface area contributed by atoms with Gasteiger partial charge in [0.2, 0.25) is 0 Å². The second-order valence-electron chi connectivity index (χ2n) is 9.89. The predicted molar refractivity (Wildman–Crippen MR) is 132 cm³/mol. The molecule has 0 spiro atoms. The Morgan fingerprint density at radius 1 is 0.848 bits per heavy atom. The van der Waals surface area contributed by atoms with E-state index in [0.29, 0.717) is 6.42 Å². The molecule has 1 aromatic heterocycles. The van der Waals surface area contributed by atoms with Gasteiger partial charge in [-0.15, -0.1) is 29.3 Å². The second kappa shape index (κ2) is 11.5. The number of benzene rings is 2. The zero-order valence-corrected chi connectivity index (χ0v) is 22.9. The number of pyridine rings is 1. The molecule has 3 nitrogen and oxygen atoms in total. The Labute approximate surface area is 212 Å². The van der Waals surface area contributed by atoms with E-state index in [9.17, 15) is 10.2 Å². The molecule has 1 heterocycles. The van der Waals surface area contributed by atoms with Crippen molar-refractivity contribution in [3.8, 4) is 22.4 Å². The van der Waals surface area contributed by atoms with Crippen LogP contribution < -0.4 is 0 Å². The van der Waals surface area contributed by atoms with Crippen LogP contribution in [0.5, 0.6) is 0 Å². The summed E-state index contributed by atoms with van der Waals surface area (Å²) in [7, 11) is 0. The first-order valence-corrected chi connectivity index (χ1v) is 11.6. The zero-order valence-electron chi connectivity index (χ0n) is 20.5. The summed E-state index contributed by atoms with van der Waals surface area (Å²) in [6, 6.07) is 22.3. The summed E-state index contributed by atoms with van der Waals surface area (Å²) in [5.41, 5.74) is 7.47. The van der Waals surface area contributed by atoms with Gasteiger partial charge in [0.25, 0.3) is 0 Å². The van der Waals surface area contributed by atoms with Crippen LogP contribution in [0.2, 0.25) is 0 Å². The number of nitrogens with zero attached hydrogens (tertiary/aromatic N) is 1. The van der Waals surface area contributed by atoms with Crippen LogP contribution >= 0.6 is 0 Å². The van der Waals surface area contributed by atoms with Crippen molar-refractivity contribution in [1.29, 1.82) is 0 Å². The normalized spacial score (nSPS) is 15.1. The second-order valence-corrected chi connectivity index (χ2v) is 9.89. The van der Waals surface area contributed by atoms with E-state index in [4.69, 9.17) is 0 Å². The number of hydrogen-bond acceptors (Lipinski definition) is 3. The molecular weight excluding hydrogens is 587 g/mol. The Kier molecular flexibility index (Phi) is 9.58. The minimum absolute atomic E-state index is 0. The maximum absolute atomic E-state index is 9.39. The molecule has 2 aromatic carbocycles. The van der Waals surface area contributed by atoms with Gasteiger partial charge >= 0.3 is 0 Å². The number of aliphatic hydroxyl groups is 2. The van der Waals surface area contributed by atoms with Gasteiger partial charge in [0.15, 0.2) is 0 Å². The maximum atomic E-state index is 9.39. The van der Waals surface area contributed by atoms with Gasteiger partial charge in [-0.2, -0.15) is 0 Å². The molecule has 4 rings (SSSR count). The molecule has 179 valence electrons. The minimum Gasteiger partial charge on any atom is -0.393 e. The number of fused-ring (bicyclic) bond motifs is 3. The molecule has 0 amide bonds. The van der Waals surface area contributed by atoms with Gasteiger partial charge in [-0.25, -0.2) is 0 Å². The van der Waals surface area contributed by atoms with E-state index in [0.717, 1.165) is 11.3 Å². The van der Waals surface area contributed by atoms with E-state index >= 15 is 0 Å². The fourth-order valence-electron chi connectivity index (χ4n) is 4.27. The van der Waals surface area contributed by atoms with E-state index in [-0.39, 0.29) is 49.6 Å². The molecule has 0 saturated heterocycles. The minimum atomic E-state index is -0.368. The molecule has 1 aliphatic rings. The topological polar surface area (TPSA) is 53.4 Å². The van der Waals surface area contributed by atoms with Crippen molar-refractivity contribution in [2.75, 3.05) is 0 Å². The molecule has 2 atom stereocenters. The maximum Gasteiger partial charge on any atom is 0.0587 e. The standard InChI is InChI=1S/C20H16N.C9H20O2.Ir/c1-20(2)17-11-4-3-8-14(17)15-9-7-10-16(19(15)20)18-12-5-6-13-21-18;1-6(2)8(10)5-9(11)7(3)4;/h3-9,11-13H,1-2H3;6-11H,5H2,1-4H3;/q-1;;. The van der Waals surface area contributed by atoms with E-state index in [2.05, 4.69) is 61.3 Å². The van der Waals surface area contributed by atoms with Crippen molar-refractivity contribution in [3.63, 3.8) is 0 Å². The van der Waals surface area contributed by atoms with E-state index in [1.807, 2.05) is 52.1 Å². The van der Waals surface area contributed by atoms with Crippen LogP contribution in [0.3, 0.4) is 0 Å². The number of aliphatic hydroxyl groups excluding tert-OH is 2. The fraction of sp³-hybridized carbons (Fsp3) is 0.414. The van der Waals surface area contributed by atoms with Crippen LogP contribution in [0, 0.1) is 17.9 Å². The Morgan fingerprint density at radius 3 is 2.03 bits per heavy atom. The third kappa shape index (κ3) is 6.00. The van der Waals surface area contributed by atoms with Crippen LogP contribution in [-0.2, 0) is 25.5 Å². The average molecular weight is 623 g/mol. The van der Waals surface area contributed by atoms with Crippen molar-refractivity contribution in [3.05, 3.63) is 78.0 Å². The predicted octanol–water partition coefficient (Wildman–Crippen LogP) is 6.26. The van der Waals surface area contributed by atoms with E-state index in [1.165, 1.54) is 22.3 Å². The van der Waals surface area contributed by atoms with Gasteiger partial charge in [0.05, 0.1) is 12.2 Å². The van der Waals surface area contributed by atoms with Gasteiger partial charge in [0.1, 0.15) is 0 Å². The number of hydrogen-bond donors (Lipinski definition) is 2. The SMILES string of the molecule is CC(C)C(O)CC(O)C(C)C.CC1(C)c2ccccc2-c2cc[c-]c(-c3ccccn3)c21.[Ir]. The fourth-order valence-corrected chi connectivity index (χ4v) is 4.27. The molecule has 0 bridgehead atoms. The van der Waals surface area contributed by atoms with Crippen molar-refractivity contribution in [2.45, 2.75) is 65.6 Å². The molecule has 4 heteroatoms. The molecule has 2 N–H and O–H groups in total. The molecule has 1 radical (unpaired) electrons. The van der Waals surface area contributed by atoms with Crippen molar-refractivity contribution < 1.29 is 30.3 Å². The summed E-state index contributed by atoms with van der Waals surface area (Å²) >= 11 is 0. The van der Waals surface area contributed by atoms with Crippen molar-refractivity contribution >= 4 is 0 Å². The first-order chi connectivity index (χ1) is 15.1. The third-order valence-corrected chi connectivity index (χ3v) is 6.46. The van der Waals surface area contributed by atoms with Gasteiger partial charge in [-0.1, -0.05) is 83.5 Å². The summed E-state index contributed by atoms with van der Waals surface area (Å²) in [4.78, 5) is 4.52. The van der Waals surface area contributed by atoms with Crippen molar-refractivity contribution in [2.24, 2.45) is 11.8 Å². The Hall–Kier alpha value is -1.84. The van der Waals surface area contributed by atoms with Gasteiger partial charge in [-0.05, 0) is 46.6 Å². The van der Waals surface area contributed by atoms with Gasteiger partial charge in [-0.3, -0.25) is 0 Å². The summed E-state index contributed by atoms with van der Waals surface area (Å²) in [6.07, 6.45) is 1.60. The molecule has 0 saturated carbocycles. The molecular formula is C29H36IrNO2-. The number of aromatic nitrogens is 1. The molecule has 0 aliphatic heterocycles. The van der Waals surface area contributed by atoms with Crippen LogP contribution in [0.15, 0.2) is 60.8 Å². The smallest absolute Gasteiger partial charge is 0.0587 e. The van der Waals surface area contributed by atoms with Crippen LogP contribution in [-0.4, -0.2) is 27.4 Å². The van der Waals surface area contributed by atoms with Crippen LogP contribution in [0.4, 0.5) is 0 Å². The Morgan fingerprint density at radius 2 is 1.45 bits per heavy atom. The van der Waals surface area contributed by atoms with Gasteiger partial charge < -0.3 is 15.2 Å². The monoisotopic (exact) mass is 623 g/mol. The third-order valence-electron chi connectivity index (χ3n) is 6.46. The van der Waals surface area contributed by atoms with Crippen LogP contribution in [0.25, 0.3) is 22.4 Å².